The molecule has 0 saturated heterocycles. The van der Waals surface area contributed by atoms with Gasteiger partial charge < -0.3 is 15.0 Å². The van der Waals surface area contributed by atoms with E-state index in [0.717, 1.165) is 16.9 Å². The van der Waals surface area contributed by atoms with Gasteiger partial charge in [-0.15, -0.1) is 0 Å². The summed E-state index contributed by atoms with van der Waals surface area (Å²) < 4.78 is 10.6. The van der Waals surface area contributed by atoms with Crippen LogP contribution in [-0.2, 0) is 0 Å². The molecule has 0 unspecified atom stereocenters. The maximum atomic E-state index is 5.83. The van der Waals surface area contributed by atoms with Crippen LogP contribution in [0.5, 0.6) is 5.75 Å². The molecule has 4 heteroatoms. The quantitative estimate of drug-likeness (QED) is 0.883. The van der Waals surface area contributed by atoms with Gasteiger partial charge in [0.15, 0.2) is 11.6 Å². The third-order valence-electron chi connectivity index (χ3n) is 2.68. The molecule has 0 aliphatic heterocycles. The number of para-hydroxylation sites is 1. The predicted molar refractivity (Wildman–Crippen MR) is 67.0 cm³/mol. The SMILES string of the molecule is COc1ccccc1-c1onc(N)c1C(C)C. The van der Waals surface area contributed by atoms with Crippen molar-refractivity contribution in [2.45, 2.75) is 19.8 Å². The number of aromatic nitrogens is 1. The van der Waals surface area contributed by atoms with E-state index in [4.69, 9.17) is 15.0 Å². The fraction of sp³-hybridized carbons (Fsp3) is 0.308. The zero-order chi connectivity index (χ0) is 12.4. The zero-order valence-electron chi connectivity index (χ0n) is 10.2. The second-order valence-corrected chi connectivity index (χ2v) is 4.17. The summed E-state index contributed by atoms with van der Waals surface area (Å²) in [5.41, 5.74) is 7.63. The Bertz CT molecular complexity index is 518. The zero-order valence-corrected chi connectivity index (χ0v) is 10.2. The molecule has 1 aromatic carbocycles. The van der Waals surface area contributed by atoms with Gasteiger partial charge in [-0.1, -0.05) is 31.1 Å². The average molecular weight is 232 g/mol. The van der Waals surface area contributed by atoms with E-state index in [0.29, 0.717) is 11.6 Å². The molecule has 0 radical (unpaired) electrons. The standard InChI is InChI=1S/C13H16N2O2/c1-8(2)11-12(17-15-13(11)14)9-6-4-5-7-10(9)16-3/h4-8H,1-3H3,(H2,14,15). The summed E-state index contributed by atoms with van der Waals surface area (Å²) in [6.07, 6.45) is 0. The Labute approximate surface area is 100 Å². The number of nitrogens with two attached hydrogens (primary N) is 1. The van der Waals surface area contributed by atoms with Crippen molar-refractivity contribution in [3.05, 3.63) is 29.8 Å². The molecule has 0 spiro atoms. The lowest BCUT2D eigenvalue weighted by Crippen LogP contribution is -1.96. The van der Waals surface area contributed by atoms with Crippen LogP contribution in [0.3, 0.4) is 0 Å². The molecule has 1 heterocycles. The Morgan fingerprint density at radius 1 is 1.29 bits per heavy atom. The number of hydrogen-bond donors (Lipinski definition) is 1. The van der Waals surface area contributed by atoms with Crippen LogP contribution in [0.2, 0.25) is 0 Å². The summed E-state index contributed by atoms with van der Waals surface area (Å²) in [7, 11) is 1.63. The molecule has 2 N–H and O–H groups in total. The van der Waals surface area contributed by atoms with Crippen molar-refractivity contribution in [1.29, 1.82) is 0 Å². The van der Waals surface area contributed by atoms with E-state index in [-0.39, 0.29) is 5.92 Å². The first-order valence-electron chi connectivity index (χ1n) is 5.53. The predicted octanol–water partition coefficient (Wildman–Crippen LogP) is 3.06. The van der Waals surface area contributed by atoms with E-state index < -0.39 is 0 Å². The highest BCUT2D eigenvalue weighted by Gasteiger charge is 2.20. The molecule has 4 nitrogen and oxygen atoms in total. The highest BCUT2D eigenvalue weighted by Crippen LogP contribution is 2.37. The fourth-order valence-electron chi connectivity index (χ4n) is 1.89. The van der Waals surface area contributed by atoms with E-state index in [9.17, 15) is 0 Å². The van der Waals surface area contributed by atoms with Gasteiger partial charge in [0.2, 0.25) is 0 Å². The summed E-state index contributed by atoms with van der Waals surface area (Å²) in [5, 5.41) is 3.84. The van der Waals surface area contributed by atoms with Gasteiger partial charge >= 0.3 is 0 Å². The van der Waals surface area contributed by atoms with Crippen molar-refractivity contribution >= 4 is 5.82 Å². The lowest BCUT2D eigenvalue weighted by atomic mass is 9.99. The van der Waals surface area contributed by atoms with Gasteiger partial charge in [-0.2, -0.15) is 0 Å². The van der Waals surface area contributed by atoms with Crippen molar-refractivity contribution in [2.75, 3.05) is 12.8 Å². The van der Waals surface area contributed by atoms with Gasteiger partial charge in [-0.3, -0.25) is 0 Å². The van der Waals surface area contributed by atoms with Crippen LogP contribution in [0.1, 0.15) is 25.3 Å². The largest absolute Gasteiger partial charge is 0.496 e. The highest BCUT2D eigenvalue weighted by atomic mass is 16.5. The molecule has 0 bridgehead atoms. The third-order valence-corrected chi connectivity index (χ3v) is 2.68. The Balaban J connectivity index is 2.60. The molecule has 2 aromatic rings. The molecule has 1 aromatic heterocycles. The van der Waals surface area contributed by atoms with Crippen molar-refractivity contribution in [2.24, 2.45) is 0 Å². The molecular weight excluding hydrogens is 216 g/mol. The number of nitrogen functional groups attached to an aromatic ring is 1. The minimum absolute atomic E-state index is 0.251. The Hall–Kier alpha value is -1.97. The number of nitrogens with zero attached hydrogens (tertiary/aromatic N) is 1. The number of methoxy groups -OCH3 is 1. The summed E-state index contributed by atoms with van der Waals surface area (Å²) in [6, 6.07) is 7.67. The van der Waals surface area contributed by atoms with Crippen molar-refractivity contribution < 1.29 is 9.26 Å². The first-order valence-corrected chi connectivity index (χ1v) is 5.53. The molecule has 90 valence electrons. The normalized spacial score (nSPS) is 10.8. The molecule has 0 saturated carbocycles. The average Bonchev–Trinajstić information content (AvgIpc) is 2.71. The van der Waals surface area contributed by atoms with Gasteiger partial charge in [0.05, 0.1) is 12.7 Å². The van der Waals surface area contributed by atoms with Gasteiger partial charge in [-0.25, -0.2) is 0 Å². The van der Waals surface area contributed by atoms with Crippen LogP contribution in [0, 0.1) is 0 Å². The maximum Gasteiger partial charge on any atom is 0.176 e. The van der Waals surface area contributed by atoms with Gasteiger partial charge in [0.25, 0.3) is 0 Å². The van der Waals surface area contributed by atoms with E-state index >= 15 is 0 Å². The third kappa shape index (κ3) is 1.98. The summed E-state index contributed by atoms with van der Waals surface area (Å²) in [4.78, 5) is 0. The van der Waals surface area contributed by atoms with E-state index in [1.807, 2.05) is 24.3 Å². The number of hydrogen-bond acceptors (Lipinski definition) is 4. The summed E-state index contributed by atoms with van der Waals surface area (Å²) in [5.74, 6) is 2.14. The number of rotatable bonds is 3. The van der Waals surface area contributed by atoms with E-state index in [2.05, 4.69) is 19.0 Å². The lowest BCUT2D eigenvalue weighted by molar-refractivity contribution is 0.406. The fourth-order valence-corrected chi connectivity index (χ4v) is 1.89. The number of benzene rings is 1. The van der Waals surface area contributed by atoms with Gasteiger partial charge in [0.1, 0.15) is 5.75 Å². The minimum atomic E-state index is 0.251. The lowest BCUT2D eigenvalue weighted by Gasteiger charge is -2.08. The molecular formula is C13H16N2O2. The summed E-state index contributed by atoms with van der Waals surface area (Å²) in [6.45, 7) is 4.11. The van der Waals surface area contributed by atoms with Crippen LogP contribution in [-0.4, -0.2) is 12.3 Å². The van der Waals surface area contributed by atoms with Crippen molar-refractivity contribution in [1.82, 2.24) is 5.16 Å². The molecule has 2 rings (SSSR count). The molecule has 0 fully saturated rings. The van der Waals surface area contributed by atoms with Crippen LogP contribution < -0.4 is 10.5 Å². The molecule has 0 atom stereocenters. The Kier molecular flexibility index (Phi) is 3.04. The molecule has 0 aliphatic carbocycles. The van der Waals surface area contributed by atoms with Crippen molar-refractivity contribution in [3.63, 3.8) is 0 Å². The highest BCUT2D eigenvalue weighted by molar-refractivity contribution is 5.72. The monoisotopic (exact) mass is 232 g/mol. The first-order chi connectivity index (χ1) is 8.15. The Morgan fingerprint density at radius 2 is 2.00 bits per heavy atom. The second-order valence-electron chi connectivity index (χ2n) is 4.17. The van der Waals surface area contributed by atoms with Gasteiger partial charge in [-0.05, 0) is 18.1 Å². The van der Waals surface area contributed by atoms with E-state index in [1.54, 1.807) is 7.11 Å². The number of ether oxygens (including phenoxy) is 1. The smallest absolute Gasteiger partial charge is 0.176 e. The maximum absolute atomic E-state index is 5.83. The first kappa shape index (κ1) is 11.5. The molecule has 17 heavy (non-hydrogen) atoms. The van der Waals surface area contributed by atoms with Crippen LogP contribution in [0.15, 0.2) is 28.8 Å². The van der Waals surface area contributed by atoms with Gasteiger partial charge in [0, 0.05) is 5.56 Å². The molecule has 0 aliphatic rings. The van der Waals surface area contributed by atoms with E-state index in [1.165, 1.54) is 0 Å². The summed E-state index contributed by atoms with van der Waals surface area (Å²) >= 11 is 0. The van der Waals surface area contributed by atoms with Crippen LogP contribution in [0.25, 0.3) is 11.3 Å². The van der Waals surface area contributed by atoms with Crippen LogP contribution >= 0.6 is 0 Å². The minimum Gasteiger partial charge on any atom is -0.496 e. The van der Waals surface area contributed by atoms with Crippen molar-refractivity contribution in [3.8, 4) is 17.1 Å². The number of anilines is 1. The Morgan fingerprint density at radius 3 is 2.65 bits per heavy atom. The second kappa shape index (κ2) is 4.49. The topological polar surface area (TPSA) is 61.3 Å². The van der Waals surface area contributed by atoms with Crippen LogP contribution in [0.4, 0.5) is 5.82 Å². The molecule has 0 amide bonds.